The van der Waals surface area contributed by atoms with Gasteiger partial charge in [0.25, 0.3) is 0 Å². The summed E-state index contributed by atoms with van der Waals surface area (Å²) in [5.74, 6) is 0.404. The first kappa shape index (κ1) is 8.19. The van der Waals surface area contributed by atoms with Crippen LogP contribution in [0.1, 0.15) is 5.69 Å². The summed E-state index contributed by atoms with van der Waals surface area (Å²) in [6, 6.07) is 1.54. The lowest BCUT2D eigenvalue weighted by atomic mass is 10.3. The van der Waals surface area contributed by atoms with Crippen molar-refractivity contribution in [3.8, 4) is 0 Å². The molecule has 0 bridgehead atoms. The Balaban J connectivity index is 2.95. The summed E-state index contributed by atoms with van der Waals surface area (Å²) in [7, 11) is 0. The molecule has 1 rings (SSSR count). The number of carbonyl (C=O) groups excluding carboxylic acids is 1. The highest BCUT2D eigenvalue weighted by atomic mass is 16.1. The highest BCUT2D eigenvalue weighted by Crippen LogP contribution is 2.06. The predicted octanol–water partition coefficient (Wildman–Crippen LogP) is -0.0257. The SMILES string of the molecule is C=C(N)c1cc(NC=O)ncn1. The first-order valence-corrected chi connectivity index (χ1v) is 3.21. The standard InChI is InChI=1S/C7H8N4O/c1-5(8)6-2-7(11-4-12)10-3-9-6/h2-4H,1,8H2,(H,9,10,11,12). The minimum atomic E-state index is 0.339. The number of aromatic nitrogens is 2. The van der Waals surface area contributed by atoms with Crippen molar-refractivity contribution in [2.45, 2.75) is 0 Å². The molecule has 1 aromatic rings. The van der Waals surface area contributed by atoms with Gasteiger partial charge in [0.2, 0.25) is 6.41 Å². The third kappa shape index (κ3) is 1.79. The van der Waals surface area contributed by atoms with Gasteiger partial charge in [-0.1, -0.05) is 6.58 Å². The Morgan fingerprint density at radius 1 is 1.67 bits per heavy atom. The highest BCUT2D eigenvalue weighted by Gasteiger charge is 1.97. The summed E-state index contributed by atoms with van der Waals surface area (Å²) < 4.78 is 0. The second-order valence-corrected chi connectivity index (χ2v) is 2.08. The molecule has 0 unspecified atom stereocenters. The van der Waals surface area contributed by atoms with Gasteiger partial charge in [-0.2, -0.15) is 0 Å². The third-order valence-electron chi connectivity index (χ3n) is 1.20. The summed E-state index contributed by atoms with van der Waals surface area (Å²) in [5, 5.41) is 2.37. The van der Waals surface area contributed by atoms with Gasteiger partial charge in [0.1, 0.15) is 12.1 Å². The van der Waals surface area contributed by atoms with E-state index in [0.29, 0.717) is 23.6 Å². The lowest BCUT2D eigenvalue weighted by molar-refractivity contribution is -0.105. The van der Waals surface area contributed by atoms with Crippen LogP contribution in [-0.2, 0) is 4.79 Å². The van der Waals surface area contributed by atoms with Crippen LogP contribution in [0.2, 0.25) is 0 Å². The van der Waals surface area contributed by atoms with E-state index in [2.05, 4.69) is 21.9 Å². The van der Waals surface area contributed by atoms with E-state index >= 15 is 0 Å². The number of amides is 1. The zero-order chi connectivity index (χ0) is 8.97. The van der Waals surface area contributed by atoms with Crippen LogP contribution >= 0.6 is 0 Å². The molecule has 12 heavy (non-hydrogen) atoms. The molecule has 62 valence electrons. The molecule has 0 aliphatic carbocycles. The normalized spacial score (nSPS) is 9.00. The fourth-order valence-electron chi connectivity index (χ4n) is 0.672. The largest absolute Gasteiger partial charge is 0.397 e. The van der Waals surface area contributed by atoms with Crippen molar-refractivity contribution in [2.24, 2.45) is 5.73 Å². The fourth-order valence-corrected chi connectivity index (χ4v) is 0.672. The average Bonchev–Trinajstić information content (AvgIpc) is 2.05. The van der Waals surface area contributed by atoms with Gasteiger partial charge in [-0.25, -0.2) is 9.97 Å². The molecule has 0 atom stereocenters. The number of carbonyl (C=O) groups is 1. The number of hydrogen-bond acceptors (Lipinski definition) is 4. The maximum atomic E-state index is 10.0. The van der Waals surface area contributed by atoms with E-state index in [4.69, 9.17) is 5.73 Å². The molecule has 3 N–H and O–H groups in total. The van der Waals surface area contributed by atoms with Gasteiger partial charge in [-0.3, -0.25) is 4.79 Å². The minimum Gasteiger partial charge on any atom is -0.397 e. The average molecular weight is 164 g/mol. The van der Waals surface area contributed by atoms with Gasteiger partial charge >= 0.3 is 0 Å². The highest BCUT2D eigenvalue weighted by molar-refractivity contribution is 5.70. The van der Waals surface area contributed by atoms with Gasteiger partial charge in [0.15, 0.2) is 0 Å². The number of rotatable bonds is 3. The topological polar surface area (TPSA) is 80.9 Å². The minimum absolute atomic E-state index is 0.339. The zero-order valence-electron chi connectivity index (χ0n) is 6.32. The van der Waals surface area contributed by atoms with Crippen LogP contribution in [0.25, 0.3) is 5.70 Å². The summed E-state index contributed by atoms with van der Waals surface area (Å²) in [6.07, 6.45) is 1.84. The van der Waals surface area contributed by atoms with Crippen molar-refractivity contribution >= 4 is 17.9 Å². The molecule has 0 aliphatic heterocycles. The van der Waals surface area contributed by atoms with Gasteiger partial charge < -0.3 is 11.1 Å². The first-order chi connectivity index (χ1) is 5.74. The van der Waals surface area contributed by atoms with Crippen LogP contribution in [0.4, 0.5) is 5.82 Å². The summed E-state index contributed by atoms with van der Waals surface area (Å²) in [6.45, 7) is 3.50. The molecule has 1 heterocycles. The Bertz CT molecular complexity index is 310. The Morgan fingerprint density at radius 2 is 2.42 bits per heavy atom. The number of nitrogens with two attached hydrogens (primary N) is 1. The van der Waals surface area contributed by atoms with Gasteiger partial charge in [-0.05, 0) is 0 Å². The molecular formula is C7H8N4O. The maximum absolute atomic E-state index is 10.0. The van der Waals surface area contributed by atoms with E-state index in [1.165, 1.54) is 12.4 Å². The third-order valence-corrected chi connectivity index (χ3v) is 1.20. The van der Waals surface area contributed by atoms with Crippen LogP contribution in [-0.4, -0.2) is 16.4 Å². The van der Waals surface area contributed by atoms with E-state index in [1.807, 2.05) is 0 Å². The molecule has 1 aromatic heterocycles. The smallest absolute Gasteiger partial charge is 0.212 e. The van der Waals surface area contributed by atoms with Crippen LogP contribution in [0, 0.1) is 0 Å². The Hall–Kier alpha value is -1.91. The van der Waals surface area contributed by atoms with E-state index in [1.54, 1.807) is 0 Å². The van der Waals surface area contributed by atoms with Crippen LogP contribution in [0.3, 0.4) is 0 Å². The van der Waals surface area contributed by atoms with Crippen LogP contribution in [0.15, 0.2) is 19.0 Å². The molecule has 0 saturated carbocycles. The Labute approximate surface area is 69.3 Å². The van der Waals surface area contributed by atoms with Crippen molar-refractivity contribution in [3.63, 3.8) is 0 Å². The van der Waals surface area contributed by atoms with Crippen molar-refractivity contribution in [2.75, 3.05) is 5.32 Å². The molecule has 0 aliphatic rings. The van der Waals surface area contributed by atoms with Gasteiger partial charge in [0, 0.05) is 6.07 Å². The molecule has 0 saturated heterocycles. The summed E-state index contributed by atoms with van der Waals surface area (Å²) in [4.78, 5) is 17.6. The fraction of sp³-hybridized carbons (Fsp3) is 0. The first-order valence-electron chi connectivity index (χ1n) is 3.21. The molecular weight excluding hydrogens is 156 g/mol. The van der Waals surface area contributed by atoms with Crippen molar-refractivity contribution in [1.29, 1.82) is 0 Å². The number of nitrogens with zero attached hydrogens (tertiary/aromatic N) is 2. The lowest BCUT2D eigenvalue weighted by Crippen LogP contribution is -2.02. The summed E-state index contributed by atoms with van der Waals surface area (Å²) in [5.41, 5.74) is 6.23. The quantitative estimate of drug-likeness (QED) is 0.615. The van der Waals surface area contributed by atoms with Crippen molar-refractivity contribution in [1.82, 2.24) is 9.97 Å². The Morgan fingerprint density at radius 3 is 3.00 bits per heavy atom. The Kier molecular flexibility index (Phi) is 2.37. The molecule has 5 heteroatoms. The van der Waals surface area contributed by atoms with E-state index < -0.39 is 0 Å². The maximum Gasteiger partial charge on any atom is 0.212 e. The molecule has 0 fully saturated rings. The van der Waals surface area contributed by atoms with E-state index in [0.717, 1.165) is 0 Å². The second kappa shape index (κ2) is 3.47. The van der Waals surface area contributed by atoms with Gasteiger partial charge in [-0.15, -0.1) is 0 Å². The van der Waals surface area contributed by atoms with Crippen molar-refractivity contribution < 1.29 is 4.79 Å². The predicted molar refractivity (Wildman–Crippen MR) is 44.9 cm³/mol. The van der Waals surface area contributed by atoms with Gasteiger partial charge in [0.05, 0.1) is 11.4 Å². The second-order valence-electron chi connectivity index (χ2n) is 2.08. The van der Waals surface area contributed by atoms with Crippen LogP contribution in [0.5, 0.6) is 0 Å². The molecule has 0 spiro atoms. The number of hydrogen-bond donors (Lipinski definition) is 2. The molecule has 1 amide bonds. The zero-order valence-corrected chi connectivity index (χ0v) is 6.32. The monoisotopic (exact) mass is 164 g/mol. The summed E-state index contributed by atoms with van der Waals surface area (Å²) >= 11 is 0. The van der Waals surface area contributed by atoms with E-state index in [-0.39, 0.29) is 0 Å². The lowest BCUT2D eigenvalue weighted by Gasteiger charge is -2.00. The number of nitrogens with one attached hydrogen (secondary N) is 1. The molecule has 5 nitrogen and oxygen atoms in total. The number of anilines is 1. The molecule has 0 aromatic carbocycles. The van der Waals surface area contributed by atoms with Crippen molar-refractivity contribution in [3.05, 3.63) is 24.7 Å². The van der Waals surface area contributed by atoms with E-state index in [9.17, 15) is 4.79 Å². The molecule has 0 radical (unpaired) electrons. The van der Waals surface area contributed by atoms with Crippen LogP contribution < -0.4 is 11.1 Å².